The zero-order valence-corrected chi connectivity index (χ0v) is 14.7. The lowest BCUT2D eigenvalue weighted by Crippen LogP contribution is -2.42. The molecule has 2 aliphatic carbocycles. The van der Waals surface area contributed by atoms with Crippen molar-refractivity contribution in [2.75, 3.05) is 19.7 Å². The number of piperidine rings is 1. The van der Waals surface area contributed by atoms with Crippen LogP contribution in [0.2, 0.25) is 0 Å². The number of aryl methyl sites for hydroxylation is 1. The van der Waals surface area contributed by atoms with Gasteiger partial charge in [-0.05, 0) is 56.1 Å². The number of nitrogens with zero attached hydrogens (tertiary/aromatic N) is 1. The number of carbonyl (C=O) groups excluding carboxylic acids is 1. The zero-order chi connectivity index (χ0) is 16.5. The molecule has 1 aromatic carbocycles. The van der Waals surface area contributed by atoms with Crippen LogP contribution in [-0.4, -0.2) is 30.5 Å². The summed E-state index contributed by atoms with van der Waals surface area (Å²) < 4.78 is 6.04. The molecule has 0 bridgehead atoms. The van der Waals surface area contributed by atoms with Gasteiger partial charge in [0, 0.05) is 24.9 Å². The van der Waals surface area contributed by atoms with E-state index in [1.807, 2.05) is 18.2 Å². The normalized spacial score (nSPS) is 32.1. The highest BCUT2D eigenvalue weighted by atomic mass is 16.5. The van der Waals surface area contributed by atoms with Crippen LogP contribution in [0.3, 0.4) is 0 Å². The third-order valence-electron chi connectivity index (χ3n) is 6.34. The van der Waals surface area contributed by atoms with Crippen molar-refractivity contribution in [1.29, 1.82) is 0 Å². The number of ether oxygens (including phenoxy) is 1. The van der Waals surface area contributed by atoms with Gasteiger partial charge in [0.2, 0.25) is 5.91 Å². The molecule has 3 fully saturated rings. The SMILES string of the molecule is Cc1ccccc1OC[C@@H]1CCCN(C(=O)C2[C@H]3CCCC[C@H]23)C1. The number of hydrogen-bond acceptors (Lipinski definition) is 2. The van der Waals surface area contributed by atoms with Crippen LogP contribution in [0, 0.1) is 30.6 Å². The van der Waals surface area contributed by atoms with Gasteiger partial charge < -0.3 is 9.64 Å². The van der Waals surface area contributed by atoms with Crippen molar-refractivity contribution in [2.45, 2.75) is 45.4 Å². The Hall–Kier alpha value is -1.51. The van der Waals surface area contributed by atoms with Gasteiger partial charge in [0.25, 0.3) is 0 Å². The Morgan fingerprint density at radius 2 is 1.88 bits per heavy atom. The Morgan fingerprint density at radius 3 is 2.62 bits per heavy atom. The van der Waals surface area contributed by atoms with E-state index in [4.69, 9.17) is 4.74 Å². The maximum Gasteiger partial charge on any atom is 0.226 e. The maximum absolute atomic E-state index is 12.9. The highest BCUT2D eigenvalue weighted by molar-refractivity contribution is 5.82. The first kappa shape index (κ1) is 16.0. The van der Waals surface area contributed by atoms with E-state index in [-0.39, 0.29) is 0 Å². The summed E-state index contributed by atoms with van der Waals surface area (Å²) >= 11 is 0. The molecular weight excluding hydrogens is 298 g/mol. The second-order valence-electron chi connectivity index (χ2n) is 8.01. The van der Waals surface area contributed by atoms with E-state index >= 15 is 0 Å². The number of para-hydroxylation sites is 1. The monoisotopic (exact) mass is 327 g/mol. The smallest absolute Gasteiger partial charge is 0.226 e. The van der Waals surface area contributed by atoms with E-state index in [0.29, 0.717) is 17.7 Å². The van der Waals surface area contributed by atoms with Gasteiger partial charge in [-0.3, -0.25) is 4.79 Å². The summed E-state index contributed by atoms with van der Waals surface area (Å²) in [6.45, 7) is 4.66. The van der Waals surface area contributed by atoms with Crippen molar-refractivity contribution in [3.63, 3.8) is 0 Å². The van der Waals surface area contributed by atoms with Crippen LogP contribution in [0.5, 0.6) is 5.75 Å². The van der Waals surface area contributed by atoms with Gasteiger partial charge in [0.05, 0.1) is 6.61 Å². The van der Waals surface area contributed by atoms with Crippen LogP contribution < -0.4 is 4.74 Å². The van der Waals surface area contributed by atoms with Crippen molar-refractivity contribution in [1.82, 2.24) is 4.90 Å². The number of fused-ring (bicyclic) bond motifs is 1. The summed E-state index contributed by atoms with van der Waals surface area (Å²) in [7, 11) is 0. The fourth-order valence-electron chi connectivity index (χ4n) is 4.90. The molecule has 0 radical (unpaired) electrons. The van der Waals surface area contributed by atoms with Gasteiger partial charge in [-0.25, -0.2) is 0 Å². The van der Waals surface area contributed by atoms with Crippen molar-refractivity contribution in [3.05, 3.63) is 29.8 Å². The molecule has 130 valence electrons. The van der Waals surface area contributed by atoms with E-state index in [9.17, 15) is 4.79 Å². The second-order valence-corrected chi connectivity index (χ2v) is 8.01. The topological polar surface area (TPSA) is 29.5 Å². The lowest BCUT2D eigenvalue weighted by Gasteiger charge is -2.33. The predicted molar refractivity (Wildman–Crippen MR) is 94.9 cm³/mol. The molecule has 3 nitrogen and oxygen atoms in total. The molecular formula is C21H29NO2. The number of rotatable bonds is 4. The minimum atomic E-state index is 0.364. The minimum absolute atomic E-state index is 0.364. The average molecular weight is 327 g/mol. The third kappa shape index (κ3) is 3.18. The van der Waals surface area contributed by atoms with Crippen molar-refractivity contribution in [2.24, 2.45) is 23.7 Å². The number of hydrogen-bond donors (Lipinski definition) is 0. The molecule has 0 aromatic heterocycles. The summed E-state index contributed by atoms with van der Waals surface area (Å²) in [6, 6.07) is 8.18. The van der Waals surface area contributed by atoms with Gasteiger partial charge in [-0.2, -0.15) is 0 Å². The highest BCUT2D eigenvalue weighted by Crippen LogP contribution is 2.56. The summed E-state index contributed by atoms with van der Waals surface area (Å²) in [5, 5.41) is 0. The Labute approximate surface area is 145 Å². The fraction of sp³-hybridized carbons (Fsp3) is 0.667. The number of amides is 1. The first-order chi connectivity index (χ1) is 11.7. The molecule has 1 amide bonds. The van der Waals surface area contributed by atoms with Crippen LogP contribution in [0.15, 0.2) is 24.3 Å². The fourth-order valence-corrected chi connectivity index (χ4v) is 4.90. The van der Waals surface area contributed by atoms with E-state index in [1.165, 1.54) is 37.7 Å². The summed E-state index contributed by atoms with van der Waals surface area (Å²) in [4.78, 5) is 15.0. The molecule has 3 heteroatoms. The van der Waals surface area contributed by atoms with Gasteiger partial charge in [-0.15, -0.1) is 0 Å². The highest BCUT2D eigenvalue weighted by Gasteiger charge is 2.55. The van der Waals surface area contributed by atoms with Crippen LogP contribution in [-0.2, 0) is 4.79 Å². The summed E-state index contributed by atoms with van der Waals surface area (Å²) in [5.41, 5.74) is 1.18. The first-order valence-corrected chi connectivity index (χ1v) is 9.71. The summed E-state index contributed by atoms with van der Waals surface area (Å²) in [6.07, 6.45) is 7.53. The molecule has 0 unspecified atom stereocenters. The predicted octanol–water partition coefficient (Wildman–Crippen LogP) is 4.05. The Kier molecular flexibility index (Phi) is 4.51. The standard InChI is InChI=1S/C21H29NO2/c1-15-7-2-5-11-19(15)24-14-16-8-6-12-22(13-16)21(23)20-17-9-3-4-10-18(17)20/h2,5,7,11,16-18,20H,3-4,6,8-10,12-14H2,1H3/t16-,17+,18+/m1/s1. The third-order valence-corrected chi connectivity index (χ3v) is 6.34. The van der Waals surface area contributed by atoms with Crippen molar-refractivity contribution < 1.29 is 9.53 Å². The number of likely N-dealkylation sites (tertiary alicyclic amines) is 1. The van der Waals surface area contributed by atoms with Gasteiger partial charge in [-0.1, -0.05) is 31.0 Å². The lowest BCUT2D eigenvalue weighted by molar-refractivity contribution is -0.135. The molecule has 1 heterocycles. The Balaban J connectivity index is 1.31. The second kappa shape index (κ2) is 6.78. The van der Waals surface area contributed by atoms with Crippen LogP contribution in [0.25, 0.3) is 0 Å². The molecule has 1 aliphatic heterocycles. The molecule has 2 saturated carbocycles. The van der Waals surface area contributed by atoms with E-state index in [1.54, 1.807) is 0 Å². The van der Waals surface area contributed by atoms with Gasteiger partial charge >= 0.3 is 0 Å². The maximum atomic E-state index is 12.9. The molecule has 1 saturated heterocycles. The average Bonchev–Trinajstić information content (AvgIpc) is 3.35. The zero-order valence-electron chi connectivity index (χ0n) is 14.7. The molecule has 0 spiro atoms. The Bertz CT molecular complexity index is 587. The molecule has 3 aliphatic rings. The van der Waals surface area contributed by atoms with E-state index in [0.717, 1.165) is 43.7 Å². The molecule has 24 heavy (non-hydrogen) atoms. The molecule has 4 rings (SSSR count). The first-order valence-electron chi connectivity index (χ1n) is 9.71. The van der Waals surface area contributed by atoms with Crippen LogP contribution in [0.1, 0.15) is 44.1 Å². The van der Waals surface area contributed by atoms with E-state index < -0.39 is 0 Å². The van der Waals surface area contributed by atoms with Crippen molar-refractivity contribution in [3.8, 4) is 5.75 Å². The molecule has 0 N–H and O–H groups in total. The minimum Gasteiger partial charge on any atom is -0.493 e. The summed E-state index contributed by atoms with van der Waals surface area (Å²) in [5.74, 6) is 3.71. The van der Waals surface area contributed by atoms with Gasteiger partial charge in [0.1, 0.15) is 5.75 Å². The van der Waals surface area contributed by atoms with Crippen molar-refractivity contribution >= 4 is 5.91 Å². The van der Waals surface area contributed by atoms with Crippen LogP contribution in [0.4, 0.5) is 0 Å². The molecule has 3 atom stereocenters. The van der Waals surface area contributed by atoms with Gasteiger partial charge in [0.15, 0.2) is 0 Å². The Morgan fingerprint density at radius 1 is 1.12 bits per heavy atom. The molecule has 1 aromatic rings. The number of carbonyl (C=O) groups is 1. The quantitative estimate of drug-likeness (QED) is 0.835. The lowest BCUT2D eigenvalue weighted by atomic mass is 9.98. The number of benzene rings is 1. The van der Waals surface area contributed by atoms with E-state index in [2.05, 4.69) is 17.9 Å². The van der Waals surface area contributed by atoms with Crippen LogP contribution >= 0.6 is 0 Å². The largest absolute Gasteiger partial charge is 0.493 e.